The van der Waals surface area contributed by atoms with Crippen molar-refractivity contribution in [1.82, 2.24) is 4.31 Å². The molecule has 1 aliphatic rings. The van der Waals surface area contributed by atoms with E-state index in [0.717, 1.165) is 0 Å². The number of carboxylic acid groups (broad SMARTS) is 1. The van der Waals surface area contributed by atoms with E-state index in [0.29, 0.717) is 0 Å². The minimum absolute atomic E-state index is 0.110. The predicted octanol–water partition coefficient (Wildman–Crippen LogP) is 0.307. The summed E-state index contributed by atoms with van der Waals surface area (Å²) in [7, 11) is -4.09. The van der Waals surface area contributed by atoms with Crippen LogP contribution in [0.3, 0.4) is 0 Å². The molecule has 1 heterocycles. The number of anilines is 1. The number of amides is 2. The van der Waals surface area contributed by atoms with Gasteiger partial charge in [-0.3, -0.25) is 4.79 Å². The summed E-state index contributed by atoms with van der Waals surface area (Å²) in [5.41, 5.74) is 0.152. The van der Waals surface area contributed by atoms with Crippen molar-refractivity contribution in [2.75, 3.05) is 11.9 Å². The Morgan fingerprint density at radius 2 is 2.00 bits per heavy atom. The van der Waals surface area contributed by atoms with Gasteiger partial charge in [-0.25, -0.2) is 17.5 Å². The number of benzene rings is 1. The van der Waals surface area contributed by atoms with Gasteiger partial charge >= 0.3 is 12.0 Å². The second kappa shape index (κ2) is 3.74. The number of aliphatic carboxylic acids is 1. The lowest BCUT2D eigenvalue weighted by molar-refractivity contribution is -0.136. The van der Waals surface area contributed by atoms with Crippen molar-refractivity contribution in [2.45, 2.75) is 4.90 Å². The Kier molecular flexibility index (Phi) is 2.50. The second-order valence-corrected chi connectivity index (χ2v) is 5.16. The highest BCUT2D eigenvalue weighted by Gasteiger charge is 2.37. The van der Waals surface area contributed by atoms with Gasteiger partial charge in [0.25, 0.3) is 10.0 Å². The van der Waals surface area contributed by atoms with E-state index in [1.54, 1.807) is 6.07 Å². The summed E-state index contributed by atoms with van der Waals surface area (Å²) >= 11 is 0. The van der Waals surface area contributed by atoms with Crippen LogP contribution in [0.2, 0.25) is 0 Å². The van der Waals surface area contributed by atoms with E-state index < -0.39 is 28.6 Å². The lowest BCUT2D eigenvalue weighted by Crippen LogP contribution is -2.46. The molecule has 0 saturated heterocycles. The molecular formula is C9H8N2O5S. The van der Waals surface area contributed by atoms with Crippen molar-refractivity contribution < 1.29 is 23.1 Å². The maximum Gasteiger partial charge on any atom is 0.336 e. The zero-order valence-corrected chi connectivity index (χ0v) is 9.27. The van der Waals surface area contributed by atoms with Gasteiger partial charge in [0.05, 0.1) is 5.69 Å². The van der Waals surface area contributed by atoms with Crippen LogP contribution >= 0.6 is 0 Å². The van der Waals surface area contributed by atoms with Gasteiger partial charge in [-0.05, 0) is 12.1 Å². The summed E-state index contributed by atoms with van der Waals surface area (Å²) in [5.74, 6) is -1.40. The number of carboxylic acids is 1. The molecule has 1 aromatic rings. The Hall–Kier alpha value is -2.09. The summed E-state index contributed by atoms with van der Waals surface area (Å²) in [6.07, 6.45) is 0. The van der Waals surface area contributed by atoms with Crippen LogP contribution in [0, 0.1) is 0 Å². The Bertz CT molecular complexity index is 595. The van der Waals surface area contributed by atoms with Gasteiger partial charge in [-0.1, -0.05) is 12.1 Å². The first-order valence-corrected chi connectivity index (χ1v) is 6.01. The maximum atomic E-state index is 12.0. The molecule has 0 radical (unpaired) electrons. The van der Waals surface area contributed by atoms with E-state index in [1.807, 2.05) is 0 Å². The first-order chi connectivity index (χ1) is 7.93. The molecule has 0 fully saturated rings. The third-order valence-corrected chi connectivity index (χ3v) is 3.99. The quantitative estimate of drug-likeness (QED) is 0.792. The van der Waals surface area contributed by atoms with Crippen molar-refractivity contribution in [1.29, 1.82) is 0 Å². The molecule has 8 heteroatoms. The fraction of sp³-hybridized carbons (Fsp3) is 0.111. The molecule has 17 heavy (non-hydrogen) atoms. The number of para-hydroxylation sites is 1. The van der Waals surface area contributed by atoms with E-state index >= 15 is 0 Å². The molecular weight excluding hydrogens is 248 g/mol. The largest absolute Gasteiger partial charge is 0.480 e. The smallest absolute Gasteiger partial charge is 0.336 e. The average Bonchev–Trinajstić information content (AvgIpc) is 2.24. The zero-order chi connectivity index (χ0) is 12.6. The van der Waals surface area contributed by atoms with Crippen molar-refractivity contribution in [2.24, 2.45) is 0 Å². The van der Waals surface area contributed by atoms with Crippen LogP contribution in [0.4, 0.5) is 10.5 Å². The lowest BCUT2D eigenvalue weighted by Gasteiger charge is -2.27. The van der Waals surface area contributed by atoms with Gasteiger partial charge < -0.3 is 10.4 Å². The number of carbonyl (C=O) groups excluding carboxylic acids is 1. The average molecular weight is 256 g/mol. The van der Waals surface area contributed by atoms with Crippen LogP contribution in [-0.4, -0.2) is 36.4 Å². The summed E-state index contributed by atoms with van der Waals surface area (Å²) in [5, 5.41) is 10.9. The van der Waals surface area contributed by atoms with Crippen LogP contribution in [0.25, 0.3) is 0 Å². The number of carbonyl (C=O) groups is 2. The van der Waals surface area contributed by atoms with Gasteiger partial charge in [0.1, 0.15) is 11.4 Å². The number of hydrogen-bond donors (Lipinski definition) is 2. The van der Waals surface area contributed by atoms with Gasteiger partial charge in [0.15, 0.2) is 0 Å². The van der Waals surface area contributed by atoms with E-state index in [4.69, 9.17) is 5.11 Å². The fourth-order valence-electron chi connectivity index (χ4n) is 1.48. The third kappa shape index (κ3) is 1.82. The molecule has 7 nitrogen and oxygen atoms in total. The molecule has 2 rings (SSSR count). The van der Waals surface area contributed by atoms with Crippen LogP contribution in [-0.2, 0) is 14.8 Å². The van der Waals surface area contributed by atoms with E-state index in [-0.39, 0.29) is 14.9 Å². The number of rotatable bonds is 2. The SMILES string of the molecule is O=C(O)CN1C(=O)Nc2ccccc2S1(=O)=O. The molecule has 0 aromatic heterocycles. The normalized spacial score (nSPS) is 17.2. The second-order valence-electron chi connectivity index (χ2n) is 3.33. The Balaban J connectivity index is 2.55. The van der Waals surface area contributed by atoms with Crippen LogP contribution in [0.5, 0.6) is 0 Å². The molecule has 1 aromatic carbocycles. The number of hydrogen-bond acceptors (Lipinski definition) is 4. The molecule has 0 aliphatic carbocycles. The Morgan fingerprint density at radius 3 is 2.65 bits per heavy atom. The summed E-state index contributed by atoms with van der Waals surface area (Å²) in [6, 6.07) is 4.84. The molecule has 2 N–H and O–H groups in total. The molecule has 1 aliphatic heterocycles. The molecule has 2 amide bonds. The summed E-state index contributed by atoms with van der Waals surface area (Å²) in [6.45, 7) is -0.900. The van der Waals surface area contributed by atoms with E-state index in [2.05, 4.69) is 5.32 Å². The lowest BCUT2D eigenvalue weighted by atomic mass is 10.3. The van der Waals surface area contributed by atoms with E-state index in [1.165, 1.54) is 18.2 Å². The van der Waals surface area contributed by atoms with Crippen LogP contribution < -0.4 is 5.32 Å². The number of fused-ring (bicyclic) bond motifs is 1. The highest BCUT2D eigenvalue weighted by Crippen LogP contribution is 2.29. The minimum atomic E-state index is -4.09. The number of urea groups is 1. The molecule has 0 atom stereocenters. The maximum absolute atomic E-state index is 12.0. The summed E-state index contributed by atoms with van der Waals surface area (Å²) in [4.78, 5) is 21.9. The topological polar surface area (TPSA) is 104 Å². The minimum Gasteiger partial charge on any atom is -0.480 e. The summed E-state index contributed by atoms with van der Waals surface area (Å²) < 4.78 is 24.2. The predicted molar refractivity (Wildman–Crippen MR) is 57.0 cm³/mol. The standard InChI is InChI=1S/C9H8N2O5S/c12-8(13)5-11-9(14)10-6-3-1-2-4-7(6)17(11,15)16/h1-4H,5H2,(H,10,14)(H,12,13). The van der Waals surface area contributed by atoms with Gasteiger partial charge in [0.2, 0.25) is 0 Å². The van der Waals surface area contributed by atoms with Crippen molar-refractivity contribution in [3.05, 3.63) is 24.3 Å². The first kappa shape index (κ1) is 11.4. The molecule has 0 spiro atoms. The first-order valence-electron chi connectivity index (χ1n) is 4.57. The number of sulfonamides is 1. The van der Waals surface area contributed by atoms with Crippen molar-refractivity contribution in [3.63, 3.8) is 0 Å². The zero-order valence-electron chi connectivity index (χ0n) is 8.45. The van der Waals surface area contributed by atoms with Gasteiger partial charge in [0, 0.05) is 0 Å². The molecule has 0 unspecified atom stereocenters. The van der Waals surface area contributed by atoms with Crippen molar-refractivity contribution >= 4 is 27.7 Å². The number of nitrogens with zero attached hydrogens (tertiary/aromatic N) is 1. The van der Waals surface area contributed by atoms with Crippen LogP contribution in [0.15, 0.2) is 29.2 Å². The molecule has 0 bridgehead atoms. The Labute approximate surface area is 96.7 Å². The fourth-order valence-corrected chi connectivity index (χ4v) is 2.91. The number of nitrogens with one attached hydrogen (secondary N) is 1. The van der Waals surface area contributed by atoms with E-state index in [9.17, 15) is 18.0 Å². The molecule has 90 valence electrons. The van der Waals surface area contributed by atoms with Gasteiger partial charge in [-0.2, -0.15) is 0 Å². The monoisotopic (exact) mass is 256 g/mol. The third-order valence-electron chi connectivity index (χ3n) is 2.20. The molecule has 0 saturated carbocycles. The van der Waals surface area contributed by atoms with Crippen molar-refractivity contribution in [3.8, 4) is 0 Å². The highest BCUT2D eigenvalue weighted by molar-refractivity contribution is 7.90. The van der Waals surface area contributed by atoms with Gasteiger partial charge in [-0.15, -0.1) is 0 Å². The highest BCUT2D eigenvalue weighted by atomic mass is 32.2. The Morgan fingerprint density at radius 1 is 1.35 bits per heavy atom. The van der Waals surface area contributed by atoms with Crippen LogP contribution in [0.1, 0.15) is 0 Å².